The number of nitrogens with one attached hydrogen (secondary N) is 1. The summed E-state index contributed by atoms with van der Waals surface area (Å²) in [5, 5.41) is 3.84. The molecule has 1 aromatic carbocycles. The second-order valence-corrected chi connectivity index (χ2v) is 7.69. The first kappa shape index (κ1) is 18.6. The summed E-state index contributed by atoms with van der Waals surface area (Å²) in [6, 6.07) is 6.47. The van der Waals surface area contributed by atoms with Crippen molar-refractivity contribution < 1.29 is 4.79 Å². The zero-order valence-corrected chi connectivity index (χ0v) is 16.6. The van der Waals surface area contributed by atoms with Gasteiger partial charge in [-0.3, -0.25) is 14.2 Å². The van der Waals surface area contributed by atoms with Crippen molar-refractivity contribution in [3.63, 3.8) is 0 Å². The van der Waals surface area contributed by atoms with Crippen molar-refractivity contribution >= 4 is 34.2 Å². The Kier molecular flexibility index (Phi) is 4.89. The molecule has 1 aliphatic rings. The summed E-state index contributed by atoms with van der Waals surface area (Å²) in [6.45, 7) is 3.56. The highest BCUT2D eigenvalue weighted by Gasteiger charge is 2.20. The van der Waals surface area contributed by atoms with Crippen LogP contribution in [0.1, 0.15) is 42.6 Å². The van der Waals surface area contributed by atoms with Crippen molar-refractivity contribution in [1.29, 1.82) is 0 Å². The van der Waals surface area contributed by atoms with Crippen LogP contribution < -0.4 is 10.9 Å². The fourth-order valence-corrected chi connectivity index (χ4v) is 3.73. The lowest BCUT2D eigenvalue weighted by Crippen LogP contribution is -2.32. The standard InChI is InChI=1S/C21H21ClN4O2/c1-12-7-8-15(22)10-18(12)25-20(27)13(2)26-11-23-19-16(21(26)28)9-14-5-3-4-6-17(14)24-19/h7-11,13H,3-6H2,1-2H3,(H,25,27). The van der Waals surface area contributed by atoms with Gasteiger partial charge in [0.25, 0.3) is 5.56 Å². The van der Waals surface area contributed by atoms with E-state index >= 15 is 0 Å². The van der Waals surface area contributed by atoms with Crippen molar-refractivity contribution in [2.24, 2.45) is 0 Å². The first-order valence-electron chi connectivity index (χ1n) is 9.40. The fourth-order valence-electron chi connectivity index (χ4n) is 3.56. The van der Waals surface area contributed by atoms with Gasteiger partial charge in [-0.25, -0.2) is 9.97 Å². The van der Waals surface area contributed by atoms with Crippen molar-refractivity contribution in [3.8, 4) is 0 Å². The summed E-state index contributed by atoms with van der Waals surface area (Å²) in [6.07, 6.45) is 5.47. The number of hydrogen-bond acceptors (Lipinski definition) is 4. The number of halogens is 1. The molecule has 1 unspecified atom stereocenters. The van der Waals surface area contributed by atoms with Crippen LogP contribution in [0.2, 0.25) is 5.02 Å². The molecule has 0 radical (unpaired) electrons. The maximum Gasteiger partial charge on any atom is 0.263 e. The number of pyridine rings is 1. The minimum Gasteiger partial charge on any atom is -0.324 e. The fraction of sp³-hybridized carbons (Fsp3) is 0.333. The average molecular weight is 397 g/mol. The van der Waals surface area contributed by atoms with Crippen LogP contribution in [0.15, 0.2) is 35.4 Å². The molecule has 144 valence electrons. The Bertz CT molecular complexity index is 1140. The molecule has 0 saturated carbocycles. The number of fused-ring (bicyclic) bond motifs is 2. The predicted molar refractivity (Wildman–Crippen MR) is 110 cm³/mol. The van der Waals surface area contributed by atoms with Crippen molar-refractivity contribution in [2.45, 2.75) is 45.6 Å². The molecule has 7 heteroatoms. The Hall–Kier alpha value is -2.73. The second-order valence-electron chi connectivity index (χ2n) is 7.25. The highest BCUT2D eigenvalue weighted by Crippen LogP contribution is 2.23. The van der Waals surface area contributed by atoms with Gasteiger partial charge in [0.1, 0.15) is 12.4 Å². The molecule has 0 fully saturated rings. The van der Waals surface area contributed by atoms with Gasteiger partial charge in [0.2, 0.25) is 5.91 Å². The SMILES string of the molecule is Cc1ccc(Cl)cc1NC(=O)C(C)n1cnc2nc3c(cc2c1=O)CCCC3. The third kappa shape index (κ3) is 3.40. The maximum absolute atomic E-state index is 13.0. The van der Waals surface area contributed by atoms with E-state index in [1.165, 1.54) is 10.9 Å². The van der Waals surface area contributed by atoms with Crippen LogP contribution in [0.5, 0.6) is 0 Å². The minimum absolute atomic E-state index is 0.253. The molecule has 0 saturated heterocycles. The predicted octanol–water partition coefficient (Wildman–Crippen LogP) is 3.83. The molecule has 0 bridgehead atoms. The van der Waals surface area contributed by atoms with Crippen LogP contribution in [0, 0.1) is 6.92 Å². The maximum atomic E-state index is 13.0. The van der Waals surface area contributed by atoms with Crippen molar-refractivity contribution in [2.75, 3.05) is 5.32 Å². The zero-order chi connectivity index (χ0) is 19.8. The number of hydrogen-bond donors (Lipinski definition) is 1. The number of carbonyl (C=O) groups is 1. The topological polar surface area (TPSA) is 76.9 Å². The Morgan fingerprint density at radius 1 is 1.25 bits per heavy atom. The van der Waals surface area contributed by atoms with E-state index in [0.717, 1.165) is 42.5 Å². The van der Waals surface area contributed by atoms with Gasteiger partial charge < -0.3 is 5.32 Å². The van der Waals surface area contributed by atoms with E-state index in [0.29, 0.717) is 21.7 Å². The first-order valence-corrected chi connectivity index (χ1v) is 9.78. The normalized spacial score (nSPS) is 14.5. The monoisotopic (exact) mass is 396 g/mol. The molecule has 1 atom stereocenters. The van der Waals surface area contributed by atoms with Crippen LogP contribution in [-0.2, 0) is 17.6 Å². The summed E-state index contributed by atoms with van der Waals surface area (Å²) < 4.78 is 1.36. The molecule has 28 heavy (non-hydrogen) atoms. The van der Waals surface area contributed by atoms with E-state index < -0.39 is 6.04 Å². The quantitative estimate of drug-likeness (QED) is 0.729. The van der Waals surface area contributed by atoms with Crippen LogP contribution in [0.4, 0.5) is 5.69 Å². The minimum atomic E-state index is -0.723. The molecule has 0 spiro atoms. The van der Waals surface area contributed by atoms with Gasteiger partial charge in [-0.15, -0.1) is 0 Å². The van der Waals surface area contributed by atoms with Gasteiger partial charge in [0.15, 0.2) is 5.65 Å². The lowest BCUT2D eigenvalue weighted by molar-refractivity contribution is -0.118. The van der Waals surface area contributed by atoms with E-state index in [-0.39, 0.29) is 11.5 Å². The summed E-state index contributed by atoms with van der Waals surface area (Å²) in [5.74, 6) is -0.306. The number of benzene rings is 1. The lowest BCUT2D eigenvalue weighted by Gasteiger charge is -2.18. The zero-order valence-electron chi connectivity index (χ0n) is 15.8. The van der Waals surface area contributed by atoms with Crippen LogP contribution in [0.3, 0.4) is 0 Å². The van der Waals surface area contributed by atoms with E-state index in [9.17, 15) is 9.59 Å². The average Bonchev–Trinajstić information content (AvgIpc) is 2.69. The highest BCUT2D eigenvalue weighted by atomic mass is 35.5. The Morgan fingerprint density at radius 2 is 2.04 bits per heavy atom. The van der Waals surface area contributed by atoms with E-state index in [1.54, 1.807) is 19.1 Å². The molecule has 2 heterocycles. The molecule has 2 aromatic heterocycles. The molecule has 6 nitrogen and oxygen atoms in total. The largest absolute Gasteiger partial charge is 0.324 e. The molecule has 1 aliphatic carbocycles. The number of aromatic nitrogens is 3. The highest BCUT2D eigenvalue weighted by molar-refractivity contribution is 6.31. The van der Waals surface area contributed by atoms with Gasteiger partial charge in [-0.05, 0) is 68.9 Å². The first-order chi connectivity index (χ1) is 13.4. The molecule has 4 rings (SSSR count). The number of amides is 1. The molecular weight excluding hydrogens is 376 g/mol. The molecule has 3 aromatic rings. The van der Waals surface area contributed by atoms with E-state index in [4.69, 9.17) is 11.6 Å². The van der Waals surface area contributed by atoms with E-state index in [2.05, 4.69) is 15.3 Å². The van der Waals surface area contributed by atoms with Gasteiger partial charge in [-0.1, -0.05) is 17.7 Å². The second kappa shape index (κ2) is 7.36. The number of anilines is 1. The van der Waals surface area contributed by atoms with Gasteiger partial charge in [-0.2, -0.15) is 0 Å². The van der Waals surface area contributed by atoms with Crippen LogP contribution >= 0.6 is 11.6 Å². The van der Waals surface area contributed by atoms with Gasteiger partial charge in [0.05, 0.1) is 5.39 Å². The summed E-state index contributed by atoms with van der Waals surface area (Å²) >= 11 is 6.02. The van der Waals surface area contributed by atoms with Gasteiger partial charge >= 0.3 is 0 Å². The lowest BCUT2D eigenvalue weighted by atomic mass is 9.95. The van der Waals surface area contributed by atoms with Crippen LogP contribution in [-0.4, -0.2) is 20.4 Å². The smallest absolute Gasteiger partial charge is 0.263 e. The summed E-state index contributed by atoms with van der Waals surface area (Å²) in [4.78, 5) is 34.7. The van der Waals surface area contributed by atoms with Gasteiger partial charge in [0, 0.05) is 16.4 Å². The van der Waals surface area contributed by atoms with Crippen molar-refractivity contribution in [3.05, 3.63) is 62.8 Å². The van der Waals surface area contributed by atoms with Crippen molar-refractivity contribution in [1.82, 2.24) is 14.5 Å². The number of carbonyl (C=O) groups excluding carboxylic acids is 1. The number of nitrogens with zero attached hydrogens (tertiary/aromatic N) is 3. The van der Waals surface area contributed by atoms with Crippen LogP contribution in [0.25, 0.3) is 11.0 Å². The molecule has 0 aliphatic heterocycles. The third-order valence-corrected chi connectivity index (χ3v) is 5.54. The Balaban J connectivity index is 1.67. The number of aryl methyl sites for hydroxylation is 3. The Labute approximate surface area is 167 Å². The third-order valence-electron chi connectivity index (χ3n) is 5.30. The van der Waals surface area contributed by atoms with E-state index in [1.807, 2.05) is 19.1 Å². The molecule has 1 amide bonds. The summed E-state index contributed by atoms with van der Waals surface area (Å²) in [5.41, 5.74) is 3.86. The Morgan fingerprint density at radius 3 is 2.86 bits per heavy atom. The number of rotatable bonds is 3. The molecular formula is C21H21ClN4O2. The summed E-state index contributed by atoms with van der Waals surface area (Å²) in [7, 11) is 0. The molecule has 1 N–H and O–H groups in total.